The Morgan fingerprint density at radius 3 is 2.50 bits per heavy atom. The van der Waals surface area contributed by atoms with Crippen molar-refractivity contribution in [3.63, 3.8) is 0 Å². The van der Waals surface area contributed by atoms with E-state index in [1.54, 1.807) is 0 Å². The maximum Gasteiger partial charge on any atom is 0.233 e. The molecule has 1 aromatic carbocycles. The number of hydrogen-bond acceptors (Lipinski definition) is 4. The van der Waals surface area contributed by atoms with Gasteiger partial charge in [-0.05, 0) is 43.9 Å². The van der Waals surface area contributed by atoms with Gasteiger partial charge >= 0.3 is 0 Å². The molecule has 0 radical (unpaired) electrons. The van der Waals surface area contributed by atoms with Crippen LogP contribution in [0.15, 0.2) is 24.3 Å². The molecule has 3 atom stereocenters. The Labute approximate surface area is 155 Å². The Balaban J connectivity index is 1.13. The molecule has 5 nitrogen and oxygen atoms in total. The van der Waals surface area contributed by atoms with Crippen LogP contribution in [0.3, 0.4) is 0 Å². The fourth-order valence-corrected chi connectivity index (χ4v) is 4.60. The van der Waals surface area contributed by atoms with Crippen LogP contribution < -0.4 is 10.1 Å². The monoisotopic (exact) mass is 356 g/mol. The second kappa shape index (κ2) is 7.78. The first-order chi connectivity index (χ1) is 12.7. The molecule has 5 heteroatoms. The minimum absolute atomic E-state index is 0.0180. The first-order valence-corrected chi connectivity index (χ1v) is 10.0. The smallest absolute Gasteiger partial charge is 0.233 e. The fraction of sp³-hybridized carbons (Fsp3) is 0.619. The van der Waals surface area contributed by atoms with Gasteiger partial charge in [-0.15, -0.1) is 0 Å². The molecule has 2 amide bonds. The van der Waals surface area contributed by atoms with E-state index in [1.807, 2.05) is 12.1 Å². The molecule has 0 aromatic heterocycles. The molecule has 2 fully saturated rings. The van der Waals surface area contributed by atoms with Crippen molar-refractivity contribution in [2.45, 2.75) is 51.0 Å². The van der Waals surface area contributed by atoms with Crippen molar-refractivity contribution in [2.24, 2.45) is 11.8 Å². The summed E-state index contributed by atoms with van der Waals surface area (Å²) >= 11 is 0. The van der Waals surface area contributed by atoms with Crippen LogP contribution in [-0.4, -0.2) is 42.5 Å². The van der Waals surface area contributed by atoms with E-state index in [-0.39, 0.29) is 29.8 Å². The van der Waals surface area contributed by atoms with E-state index in [4.69, 9.17) is 4.74 Å². The first-order valence-electron chi connectivity index (χ1n) is 10.0. The largest absolute Gasteiger partial charge is 0.488 e. The molecular formula is C21H28N2O3. The number of unbranched alkanes of at least 4 members (excludes halogenated alkanes) is 1. The number of imide groups is 1. The van der Waals surface area contributed by atoms with Gasteiger partial charge in [-0.1, -0.05) is 31.0 Å². The molecule has 1 saturated heterocycles. The van der Waals surface area contributed by atoms with Crippen molar-refractivity contribution >= 4 is 11.8 Å². The van der Waals surface area contributed by atoms with Crippen molar-refractivity contribution in [2.75, 3.05) is 19.6 Å². The Morgan fingerprint density at radius 1 is 1.04 bits per heavy atom. The molecule has 0 spiro atoms. The summed E-state index contributed by atoms with van der Waals surface area (Å²) < 4.78 is 5.92. The van der Waals surface area contributed by atoms with Crippen LogP contribution >= 0.6 is 0 Å². The predicted octanol–water partition coefficient (Wildman–Crippen LogP) is 2.54. The summed E-state index contributed by atoms with van der Waals surface area (Å²) in [4.78, 5) is 26.4. The highest BCUT2D eigenvalue weighted by molar-refractivity contribution is 6.05. The van der Waals surface area contributed by atoms with Gasteiger partial charge in [-0.25, -0.2) is 0 Å². The van der Waals surface area contributed by atoms with E-state index < -0.39 is 0 Å². The van der Waals surface area contributed by atoms with Crippen LogP contribution in [0.25, 0.3) is 0 Å². The summed E-state index contributed by atoms with van der Waals surface area (Å²) in [5, 5.41) is 3.45. The second-order valence-electron chi connectivity index (χ2n) is 7.79. The minimum Gasteiger partial charge on any atom is -0.488 e. The standard InChI is InChI=1S/C21H28N2O3/c24-20-17-8-2-3-9-18(17)21(25)23(20)12-6-5-11-22-14-16-13-15-7-1-4-10-19(15)26-16/h1,4,7,10,16-18,22H,2-3,5-6,8-9,11-14H2/t16?,17-,18+. The van der Waals surface area contributed by atoms with Crippen LogP contribution in [0, 0.1) is 11.8 Å². The number of ether oxygens (including phenoxy) is 1. The summed E-state index contributed by atoms with van der Waals surface area (Å²) in [6.45, 7) is 2.30. The minimum atomic E-state index is -0.0180. The van der Waals surface area contributed by atoms with Crippen LogP contribution in [0.2, 0.25) is 0 Å². The summed E-state index contributed by atoms with van der Waals surface area (Å²) in [6, 6.07) is 8.20. The summed E-state index contributed by atoms with van der Waals surface area (Å²) in [5.74, 6) is 1.15. The number of amides is 2. The van der Waals surface area contributed by atoms with E-state index >= 15 is 0 Å². The van der Waals surface area contributed by atoms with Crippen molar-refractivity contribution in [1.82, 2.24) is 10.2 Å². The van der Waals surface area contributed by atoms with Gasteiger partial charge in [-0.2, -0.15) is 0 Å². The van der Waals surface area contributed by atoms with Gasteiger partial charge in [0.05, 0.1) is 11.8 Å². The first kappa shape index (κ1) is 17.5. The number of nitrogens with one attached hydrogen (secondary N) is 1. The van der Waals surface area contributed by atoms with Gasteiger partial charge in [0, 0.05) is 19.5 Å². The molecular weight excluding hydrogens is 328 g/mol. The highest BCUT2D eigenvalue weighted by Crippen LogP contribution is 2.38. The lowest BCUT2D eigenvalue weighted by molar-refractivity contribution is -0.139. The highest BCUT2D eigenvalue weighted by Gasteiger charge is 2.47. The molecule has 1 N–H and O–H groups in total. The van der Waals surface area contributed by atoms with Gasteiger partial charge in [0.1, 0.15) is 11.9 Å². The summed E-state index contributed by atoms with van der Waals surface area (Å²) in [6.07, 6.45) is 6.98. The van der Waals surface area contributed by atoms with Crippen LogP contribution in [0.4, 0.5) is 0 Å². The normalized spacial score (nSPS) is 27.4. The highest BCUT2D eigenvalue weighted by atomic mass is 16.5. The van der Waals surface area contributed by atoms with E-state index in [1.165, 1.54) is 10.5 Å². The molecule has 3 aliphatic rings. The Morgan fingerprint density at radius 2 is 1.77 bits per heavy atom. The molecule has 0 bridgehead atoms. The third-order valence-electron chi connectivity index (χ3n) is 6.00. The average molecular weight is 356 g/mol. The van der Waals surface area contributed by atoms with Crippen molar-refractivity contribution in [1.29, 1.82) is 0 Å². The zero-order chi connectivity index (χ0) is 17.9. The van der Waals surface area contributed by atoms with Gasteiger partial charge < -0.3 is 10.1 Å². The van der Waals surface area contributed by atoms with E-state index in [0.717, 1.165) is 63.8 Å². The molecule has 4 rings (SSSR count). The molecule has 1 aliphatic carbocycles. The lowest BCUT2D eigenvalue weighted by atomic mass is 9.81. The third kappa shape index (κ3) is 3.50. The maximum absolute atomic E-state index is 12.4. The molecule has 2 heterocycles. The summed E-state index contributed by atoms with van der Waals surface area (Å²) in [7, 11) is 0. The van der Waals surface area contributed by atoms with E-state index in [9.17, 15) is 9.59 Å². The zero-order valence-electron chi connectivity index (χ0n) is 15.3. The number of hydrogen-bond donors (Lipinski definition) is 1. The van der Waals surface area contributed by atoms with Gasteiger partial charge in [0.15, 0.2) is 0 Å². The number of nitrogens with zero attached hydrogens (tertiary/aromatic N) is 1. The molecule has 1 saturated carbocycles. The zero-order valence-corrected chi connectivity index (χ0v) is 15.3. The van der Waals surface area contributed by atoms with Gasteiger partial charge in [-0.3, -0.25) is 14.5 Å². The molecule has 2 aliphatic heterocycles. The number of para-hydroxylation sites is 1. The Hall–Kier alpha value is -1.88. The van der Waals surface area contributed by atoms with Crippen molar-refractivity contribution in [3.8, 4) is 5.75 Å². The summed E-state index contributed by atoms with van der Waals surface area (Å²) in [5.41, 5.74) is 1.28. The number of carbonyl (C=O) groups excluding carboxylic acids is 2. The Bertz CT molecular complexity index is 626. The number of benzene rings is 1. The van der Waals surface area contributed by atoms with Crippen LogP contribution in [0.1, 0.15) is 44.1 Å². The van der Waals surface area contributed by atoms with Gasteiger partial charge in [0.25, 0.3) is 0 Å². The van der Waals surface area contributed by atoms with E-state index in [0.29, 0.717) is 6.54 Å². The average Bonchev–Trinajstić information content (AvgIpc) is 3.18. The molecule has 140 valence electrons. The third-order valence-corrected chi connectivity index (χ3v) is 6.00. The van der Waals surface area contributed by atoms with Crippen LogP contribution in [-0.2, 0) is 16.0 Å². The maximum atomic E-state index is 12.4. The molecule has 26 heavy (non-hydrogen) atoms. The van der Waals surface area contributed by atoms with Crippen molar-refractivity contribution in [3.05, 3.63) is 29.8 Å². The Kier molecular flexibility index (Phi) is 5.25. The number of rotatable bonds is 7. The second-order valence-corrected chi connectivity index (χ2v) is 7.79. The molecule has 1 aromatic rings. The number of fused-ring (bicyclic) bond motifs is 2. The van der Waals surface area contributed by atoms with Gasteiger partial charge in [0.2, 0.25) is 11.8 Å². The lowest BCUT2D eigenvalue weighted by Crippen LogP contribution is -2.33. The SMILES string of the molecule is O=C1[C@H]2CCCC[C@H]2C(=O)N1CCCCNCC1Cc2ccccc2O1. The number of likely N-dealkylation sites (tertiary alicyclic amines) is 1. The quantitative estimate of drug-likeness (QED) is 0.602. The van der Waals surface area contributed by atoms with Crippen LogP contribution in [0.5, 0.6) is 5.75 Å². The van der Waals surface area contributed by atoms with Crippen molar-refractivity contribution < 1.29 is 14.3 Å². The van der Waals surface area contributed by atoms with E-state index in [2.05, 4.69) is 17.4 Å². The number of carbonyl (C=O) groups is 2. The molecule has 1 unspecified atom stereocenters. The fourth-order valence-electron chi connectivity index (χ4n) is 4.60. The topological polar surface area (TPSA) is 58.6 Å². The lowest BCUT2D eigenvalue weighted by Gasteiger charge is -2.19. The predicted molar refractivity (Wildman–Crippen MR) is 98.8 cm³/mol.